The molecular formula is C10H4ClF7. The highest BCUT2D eigenvalue weighted by atomic mass is 35.5. The number of benzene rings is 1. The number of allylic oxidation sites excluding steroid dienone is 1. The molecule has 0 aliphatic heterocycles. The van der Waals surface area contributed by atoms with Gasteiger partial charge < -0.3 is 0 Å². The minimum absolute atomic E-state index is 0.0821. The number of hydrogen-bond acceptors (Lipinski definition) is 0. The van der Waals surface area contributed by atoms with Crippen LogP contribution in [-0.4, -0.2) is 6.43 Å². The normalized spacial score (nSPS) is 13.3. The van der Waals surface area contributed by atoms with Gasteiger partial charge in [0.1, 0.15) is 5.82 Å². The van der Waals surface area contributed by atoms with Gasteiger partial charge in [-0.2, -0.15) is 13.2 Å². The van der Waals surface area contributed by atoms with Crippen LogP contribution in [0.15, 0.2) is 18.5 Å². The number of alkyl halides is 5. The molecular weight excluding hydrogens is 289 g/mol. The number of rotatable bonds is 2. The first kappa shape index (κ1) is 14.8. The van der Waals surface area contributed by atoms with Gasteiger partial charge in [-0.15, -0.1) is 0 Å². The second-order valence-corrected chi connectivity index (χ2v) is 3.59. The van der Waals surface area contributed by atoms with Crippen LogP contribution in [0.2, 0.25) is 5.02 Å². The third-order valence-corrected chi connectivity index (χ3v) is 2.29. The fourth-order valence-corrected chi connectivity index (χ4v) is 1.41. The standard InChI is InChI=1S/C10H4ClF7/c11-7-2-4(10(16,17)18)1-5(8(7)13)6(3-12)9(14)15/h1-3,9H. The van der Waals surface area contributed by atoms with E-state index in [4.69, 9.17) is 11.6 Å². The molecule has 0 radical (unpaired) electrons. The molecule has 0 atom stereocenters. The van der Waals surface area contributed by atoms with E-state index >= 15 is 0 Å². The fourth-order valence-electron chi connectivity index (χ4n) is 1.19. The summed E-state index contributed by atoms with van der Waals surface area (Å²) in [5.41, 5.74) is -4.16. The molecule has 100 valence electrons. The lowest BCUT2D eigenvalue weighted by Gasteiger charge is -2.12. The Morgan fingerprint density at radius 3 is 2.17 bits per heavy atom. The van der Waals surface area contributed by atoms with E-state index < -0.39 is 46.5 Å². The van der Waals surface area contributed by atoms with E-state index in [1.165, 1.54) is 0 Å². The van der Waals surface area contributed by atoms with E-state index in [0.717, 1.165) is 0 Å². The highest BCUT2D eigenvalue weighted by Gasteiger charge is 2.33. The monoisotopic (exact) mass is 292 g/mol. The summed E-state index contributed by atoms with van der Waals surface area (Å²) in [7, 11) is 0. The van der Waals surface area contributed by atoms with Crippen molar-refractivity contribution in [3.05, 3.63) is 40.4 Å². The zero-order chi connectivity index (χ0) is 14.1. The topological polar surface area (TPSA) is 0 Å². The van der Waals surface area contributed by atoms with E-state index in [1.807, 2.05) is 0 Å². The van der Waals surface area contributed by atoms with Crippen molar-refractivity contribution < 1.29 is 30.7 Å². The molecule has 0 fully saturated rings. The molecule has 0 heterocycles. The smallest absolute Gasteiger partial charge is 0.215 e. The fraction of sp³-hybridized carbons (Fsp3) is 0.200. The van der Waals surface area contributed by atoms with Crippen molar-refractivity contribution in [1.29, 1.82) is 0 Å². The molecule has 1 rings (SSSR count). The summed E-state index contributed by atoms with van der Waals surface area (Å²) in [6.45, 7) is 0. The van der Waals surface area contributed by atoms with Gasteiger partial charge in [0.25, 0.3) is 6.43 Å². The predicted octanol–water partition coefficient (Wildman–Crippen LogP) is 5.07. The number of halogens is 8. The lowest BCUT2D eigenvalue weighted by molar-refractivity contribution is -0.137. The van der Waals surface area contributed by atoms with Gasteiger partial charge in [0.2, 0.25) is 0 Å². The van der Waals surface area contributed by atoms with Crippen molar-refractivity contribution in [2.24, 2.45) is 0 Å². The Bertz CT molecular complexity index is 476. The summed E-state index contributed by atoms with van der Waals surface area (Å²) in [6, 6.07) is 0.320. The van der Waals surface area contributed by atoms with Gasteiger partial charge in [0.05, 0.1) is 22.5 Å². The molecule has 0 aliphatic rings. The third-order valence-electron chi connectivity index (χ3n) is 2.02. The Balaban J connectivity index is 3.49. The minimum Gasteiger partial charge on any atom is -0.215 e. The van der Waals surface area contributed by atoms with Crippen molar-refractivity contribution in [1.82, 2.24) is 0 Å². The maximum Gasteiger partial charge on any atom is 0.416 e. The zero-order valence-electron chi connectivity index (χ0n) is 8.33. The molecule has 0 amide bonds. The van der Waals surface area contributed by atoms with Gasteiger partial charge in [0, 0.05) is 5.56 Å². The average molecular weight is 293 g/mol. The van der Waals surface area contributed by atoms with Crippen LogP contribution in [0.3, 0.4) is 0 Å². The minimum atomic E-state index is -4.91. The van der Waals surface area contributed by atoms with Gasteiger partial charge in [0.15, 0.2) is 0 Å². The van der Waals surface area contributed by atoms with E-state index in [2.05, 4.69) is 0 Å². The Morgan fingerprint density at radius 1 is 1.22 bits per heavy atom. The Kier molecular flexibility index (Phi) is 4.26. The van der Waals surface area contributed by atoms with Crippen LogP contribution in [0.4, 0.5) is 30.7 Å². The molecule has 1 aromatic carbocycles. The first-order chi connectivity index (χ1) is 8.18. The first-order valence-electron chi connectivity index (χ1n) is 4.33. The molecule has 0 spiro atoms. The lowest BCUT2D eigenvalue weighted by Crippen LogP contribution is -2.08. The van der Waals surface area contributed by atoms with Crippen LogP contribution in [0.1, 0.15) is 11.1 Å². The van der Waals surface area contributed by atoms with Crippen LogP contribution < -0.4 is 0 Å². The van der Waals surface area contributed by atoms with Crippen molar-refractivity contribution in [2.45, 2.75) is 12.6 Å². The summed E-state index contributed by atoms with van der Waals surface area (Å²) in [5.74, 6) is -1.53. The quantitative estimate of drug-likeness (QED) is 0.667. The summed E-state index contributed by atoms with van der Waals surface area (Å²) in [4.78, 5) is 0. The predicted molar refractivity (Wildman–Crippen MR) is 51.5 cm³/mol. The van der Waals surface area contributed by atoms with Crippen LogP contribution >= 0.6 is 11.6 Å². The zero-order valence-corrected chi connectivity index (χ0v) is 9.09. The molecule has 0 saturated carbocycles. The third kappa shape index (κ3) is 2.95. The van der Waals surface area contributed by atoms with Gasteiger partial charge in [-0.1, -0.05) is 11.6 Å². The van der Waals surface area contributed by atoms with Gasteiger partial charge >= 0.3 is 6.18 Å². The molecule has 8 heteroatoms. The molecule has 0 nitrogen and oxygen atoms in total. The maximum atomic E-state index is 13.3. The van der Waals surface area contributed by atoms with E-state index in [9.17, 15) is 30.7 Å². The Morgan fingerprint density at radius 2 is 1.78 bits per heavy atom. The van der Waals surface area contributed by atoms with Crippen molar-refractivity contribution in [2.75, 3.05) is 0 Å². The molecule has 18 heavy (non-hydrogen) atoms. The second-order valence-electron chi connectivity index (χ2n) is 3.18. The largest absolute Gasteiger partial charge is 0.416 e. The van der Waals surface area contributed by atoms with Gasteiger partial charge in [-0.05, 0) is 12.1 Å². The highest BCUT2D eigenvalue weighted by molar-refractivity contribution is 6.31. The molecule has 0 bridgehead atoms. The van der Waals surface area contributed by atoms with Gasteiger partial charge in [-0.3, -0.25) is 0 Å². The molecule has 0 aliphatic carbocycles. The van der Waals surface area contributed by atoms with Crippen molar-refractivity contribution in [3.8, 4) is 0 Å². The first-order valence-corrected chi connectivity index (χ1v) is 4.71. The number of hydrogen-bond donors (Lipinski definition) is 0. The Hall–Kier alpha value is -1.24. The van der Waals surface area contributed by atoms with Crippen LogP contribution in [0, 0.1) is 5.82 Å². The second kappa shape index (κ2) is 5.17. The van der Waals surface area contributed by atoms with Gasteiger partial charge in [-0.25, -0.2) is 17.6 Å². The summed E-state index contributed by atoms with van der Waals surface area (Å²) >= 11 is 5.16. The SMILES string of the molecule is FC=C(c1cc(C(F)(F)F)cc(Cl)c1F)C(F)F. The van der Waals surface area contributed by atoms with E-state index in [1.54, 1.807) is 0 Å². The average Bonchev–Trinajstić information content (AvgIpc) is 2.22. The van der Waals surface area contributed by atoms with E-state index in [-0.39, 0.29) is 12.1 Å². The molecule has 1 aromatic rings. The molecule has 0 aromatic heterocycles. The lowest BCUT2D eigenvalue weighted by atomic mass is 10.0. The van der Waals surface area contributed by atoms with E-state index in [0.29, 0.717) is 0 Å². The van der Waals surface area contributed by atoms with Crippen LogP contribution in [-0.2, 0) is 6.18 Å². The molecule has 0 N–H and O–H groups in total. The maximum absolute atomic E-state index is 13.3. The Labute approximate surface area is 102 Å². The van der Waals surface area contributed by atoms with Crippen LogP contribution in [0.5, 0.6) is 0 Å². The summed E-state index contributed by atoms with van der Waals surface area (Å²) in [5, 5.41) is -1.01. The summed E-state index contributed by atoms with van der Waals surface area (Å²) < 4.78 is 87.3. The summed E-state index contributed by atoms with van der Waals surface area (Å²) in [6.07, 6.45) is -9.03. The molecule has 0 saturated heterocycles. The van der Waals surface area contributed by atoms with Crippen molar-refractivity contribution in [3.63, 3.8) is 0 Å². The molecule has 0 unspecified atom stereocenters. The van der Waals surface area contributed by atoms with Crippen LogP contribution in [0.25, 0.3) is 5.57 Å². The van der Waals surface area contributed by atoms with Crippen molar-refractivity contribution >= 4 is 17.2 Å². The highest BCUT2D eigenvalue weighted by Crippen LogP contribution is 2.36.